The van der Waals surface area contributed by atoms with Crippen molar-refractivity contribution in [2.45, 2.75) is 44.6 Å². The molecule has 1 fully saturated rings. The van der Waals surface area contributed by atoms with E-state index in [9.17, 15) is 9.90 Å². The molecule has 0 aromatic rings. The molecule has 0 spiro atoms. The Morgan fingerprint density at radius 3 is 2.58 bits per heavy atom. The van der Waals surface area contributed by atoms with Crippen LogP contribution < -0.4 is 0 Å². The fourth-order valence-corrected chi connectivity index (χ4v) is 1.57. The van der Waals surface area contributed by atoms with Crippen molar-refractivity contribution in [3.8, 4) is 11.8 Å². The summed E-state index contributed by atoms with van der Waals surface area (Å²) in [6.45, 7) is 1.70. The van der Waals surface area contributed by atoms with Crippen molar-refractivity contribution in [3.05, 3.63) is 0 Å². The van der Waals surface area contributed by atoms with Crippen LogP contribution in [-0.2, 0) is 4.79 Å². The second kappa shape index (κ2) is 3.73. The largest absolute Gasteiger partial charge is 0.382 e. The summed E-state index contributed by atoms with van der Waals surface area (Å²) in [5.74, 6) is 5.25. The van der Waals surface area contributed by atoms with Gasteiger partial charge in [-0.1, -0.05) is 5.92 Å². The third kappa shape index (κ3) is 1.86. The number of rotatable bonds is 2. The number of carbonyl (C=O) groups is 1. The fraction of sp³-hybridized carbons (Fsp3) is 0.700. The number of hydrogen-bond acceptors (Lipinski definition) is 2. The van der Waals surface area contributed by atoms with Crippen LogP contribution in [0.25, 0.3) is 0 Å². The Morgan fingerprint density at radius 2 is 2.08 bits per heavy atom. The summed E-state index contributed by atoms with van der Waals surface area (Å²) in [4.78, 5) is 11.4. The lowest BCUT2D eigenvalue weighted by Crippen LogP contribution is -2.34. The third-order valence-electron chi connectivity index (χ3n) is 2.38. The van der Waals surface area contributed by atoms with Gasteiger partial charge in [0, 0.05) is 0 Å². The molecule has 0 saturated heterocycles. The molecule has 12 heavy (non-hydrogen) atoms. The molecule has 0 aromatic heterocycles. The molecule has 1 saturated carbocycles. The van der Waals surface area contributed by atoms with Gasteiger partial charge in [0.25, 0.3) is 0 Å². The molecule has 0 bridgehead atoms. The maximum Gasteiger partial charge on any atom is 0.176 e. The lowest BCUT2D eigenvalue weighted by molar-refractivity contribution is -0.135. The lowest BCUT2D eigenvalue weighted by Gasteiger charge is -2.18. The number of Topliss-reactive ketones (excluding diaryl/α,β-unsaturated/α-hetero) is 1. The predicted octanol–water partition coefficient (Wildman–Crippen LogP) is 1.27. The van der Waals surface area contributed by atoms with Crippen molar-refractivity contribution in [3.63, 3.8) is 0 Å². The molecule has 2 heteroatoms. The number of ketones is 1. The van der Waals surface area contributed by atoms with Crippen LogP contribution >= 0.6 is 0 Å². The minimum absolute atomic E-state index is 0.102. The van der Waals surface area contributed by atoms with Gasteiger partial charge in [-0.25, -0.2) is 0 Å². The molecular weight excluding hydrogens is 152 g/mol. The summed E-state index contributed by atoms with van der Waals surface area (Å²) in [7, 11) is 0. The van der Waals surface area contributed by atoms with E-state index in [1.165, 1.54) is 0 Å². The van der Waals surface area contributed by atoms with E-state index >= 15 is 0 Å². The monoisotopic (exact) mass is 166 g/mol. The highest BCUT2D eigenvalue weighted by Gasteiger charge is 2.37. The minimum Gasteiger partial charge on any atom is -0.382 e. The van der Waals surface area contributed by atoms with E-state index < -0.39 is 5.60 Å². The van der Waals surface area contributed by atoms with Crippen molar-refractivity contribution in [2.24, 2.45) is 0 Å². The first kappa shape index (κ1) is 9.28. The minimum atomic E-state index is -1.04. The quantitative estimate of drug-likeness (QED) is 0.627. The van der Waals surface area contributed by atoms with Crippen LogP contribution in [0.15, 0.2) is 0 Å². The zero-order chi connectivity index (χ0) is 9.03. The molecule has 2 nitrogen and oxygen atoms in total. The number of hydrogen-bond donors (Lipinski definition) is 1. The molecule has 1 rings (SSSR count). The maximum absolute atomic E-state index is 11.4. The normalized spacial score (nSPS) is 19.8. The van der Waals surface area contributed by atoms with Gasteiger partial charge in [0.05, 0.1) is 6.42 Å². The average Bonchev–Trinajstić information content (AvgIpc) is 2.49. The van der Waals surface area contributed by atoms with Crippen LogP contribution in [0.1, 0.15) is 39.0 Å². The SMILES string of the molecule is CC#CCC(=O)C1(O)CCCC1. The van der Waals surface area contributed by atoms with Crippen molar-refractivity contribution in [1.82, 2.24) is 0 Å². The van der Waals surface area contributed by atoms with E-state index in [0.717, 1.165) is 12.8 Å². The van der Waals surface area contributed by atoms with Crippen LogP contribution in [0.5, 0.6) is 0 Å². The first-order valence-corrected chi connectivity index (χ1v) is 4.34. The summed E-state index contributed by atoms with van der Waals surface area (Å²) in [5, 5.41) is 9.77. The standard InChI is InChI=1S/C10H14O2/c1-2-3-6-9(11)10(12)7-4-5-8-10/h12H,4-8H2,1H3. The van der Waals surface area contributed by atoms with Gasteiger partial charge in [-0.2, -0.15) is 0 Å². The summed E-state index contributed by atoms with van der Waals surface area (Å²) >= 11 is 0. The zero-order valence-corrected chi connectivity index (χ0v) is 7.39. The van der Waals surface area contributed by atoms with Crippen LogP contribution in [0.4, 0.5) is 0 Å². The Morgan fingerprint density at radius 1 is 1.50 bits per heavy atom. The van der Waals surface area contributed by atoms with E-state index in [1.807, 2.05) is 0 Å². The molecule has 66 valence electrons. The first-order chi connectivity index (χ1) is 5.69. The Hall–Kier alpha value is -0.810. The van der Waals surface area contributed by atoms with Crippen LogP contribution in [0, 0.1) is 11.8 Å². The number of carbonyl (C=O) groups excluding carboxylic acids is 1. The van der Waals surface area contributed by atoms with Crippen LogP contribution in [0.2, 0.25) is 0 Å². The molecule has 0 aromatic carbocycles. The van der Waals surface area contributed by atoms with Crippen molar-refractivity contribution < 1.29 is 9.90 Å². The van der Waals surface area contributed by atoms with E-state index in [4.69, 9.17) is 0 Å². The summed E-state index contributed by atoms with van der Waals surface area (Å²) in [5.41, 5.74) is -1.04. The molecule has 0 radical (unpaired) electrons. The van der Waals surface area contributed by atoms with Crippen molar-refractivity contribution in [2.75, 3.05) is 0 Å². The van der Waals surface area contributed by atoms with Crippen molar-refractivity contribution >= 4 is 5.78 Å². The Balaban J connectivity index is 2.53. The molecular formula is C10H14O2. The van der Waals surface area contributed by atoms with Gasteiger partial charge in [-0.3, -0.25) is 4.79 Å². The Bertz CT molecular complexity index is 226. The molecule has 0 amide bonds. The first-order valence-electron chi connectivity index (χ1n) is 4.34. The average molecular weight is 166 g/mol. The molecule has 0 atom stereocenters. The third-order valence-corrected chi connectivity index (χ3v) is 2.38. The van der Waals surface area contributed by atoms with E-state index in [-0.39, 0.29) is 12.2 Å². The highest BCUT2D eigenvalue weighted by atomic mass is 16.3. The molecule has 0 heterocycles. The van der Waals surface area contributed by atoms with Gasteiger partial charge in [-0.15, -0.1) is 5.92 Å². The smallest absolute Gasteiger partial charge is 0.176 e. The van der Waals surface area contributed by atoms with Gasteiger partial charge in [0.15, 0.2) is 5.78 Å². The molecule has 1 N–H and O–H groups in total. The second-order valence-corrected chi connectivity index (χ2v) is 3.27. The van der Waals surface area contributed by atoms with Crippen LogP contribution in [0.3, 0.4) is 0 Å². The second-order valence-electron chi connectivity index (χ2n) is 3.27. The zero-order valence-electron chi connectivity index (χ0n) is 7.39. The van der Waals surface area contributed by atoms with Gasteiger partial charge in [0.2, 0.25) is 0 Å². The summed E-state index contributed by atoms with van der Waals surface area (Å²) < 4.78 is 0. The summed E-state index contributed by atoms with van der Waals surface area (Å²) in [6, 6.07) is 0. The maximum atomic E-state index is 11.4. The van der Waals surface area contributed by atoms with Crippen LogP contribution in [-0.4, -0.2) is 16.5 Å². The highest BCUT2D eigenvalue weighted by molar-refractivity contribution is 5.89. The van der Waals surface area contributed by atoms with E-state index in [2.05, 4.69) is 11.8 Å². The Kier molecular flexibility index (Phi) is 2.88. The van der Waals surface area contributed by atoms with Gasteiger partial charge in [-0.05, 0) is 32.6 Å². The Labute approximate surface area is 73.0 Å². The fourth-order valence-electron chi connectivity index (χ4n) is 1.57. The topological polar surface area (TPSA) is 37.3 Å². The van der Waals surface area contributed by atoms with E-state index in [0.29, 0.717) is 12.8 Å². The van der Waals surface area contributed by atoms with Crippen molar-refractivity contribution in [1.29, 1.82) is 0 Å². The predicted molar refractivity (Wildman–Crippen MR) is 46.5 cm³/mol. The van der Waals surface area contributed by atoms with E-state index in [1.54, 1.807) is 6.92 Å². The highest BCUT2D eigenvalue weighted by Crippen LogP contribution is 2.30. The number of aliphatic hydroxyl groups is 1. The molecule has 0 unspecified atom stereocenters. The molecule has 1 aliphatic carbocycles. The molecule has 0 aliphatic heterocycles. The van der Waals surface area contributed by atoms with Gasteiger partial charge in [0.1, 0.15) is 5.60 Å². The lowest BCUT2D eigenvalue weighted by atomic mass is 9.95. The summed E-state index contributed by atoms with van der Waals surface area (Å²) in [6.07, 6.45) is 3.37. The molecule has 1 aliphatic rings. The van der Waals surface area contributed by atoms with Gasteiger partial charge < -0.3 is 5.11 Å². The van der Waals surface area contributed by atoms with Gasteiger partial charge >= 0.3 is 0 Å².